The maximum Gasteiger partial charge on any atom is 0.230 e. The normalized spacial score (nSPS) is 12.7. The first-order valence-corrected chi connectivity index (χ1v) is 8.12. The Morgan fingerprint density at radius 2 is 2.23 bits per heavy atom. The molecule has 2 rings (SSSR count). The first-order valence-electron chi connectivity index (χ1n) is 7.30. The van der Waals surface area contributed by atoms with Crippen molar-refractivity contribution in [1.29, 1.82) is 0 Å². The molecule has 0 spiro atoms. The highest BCUT2D eigenvalue weighted by molar-refractivity contribution is 8.17. The first-order chi connectivity index (χ1) is 10.6. The van der Waals surface area contributed by atoms with E-state index >= 15 is 0 Å². The number of benzene rings is 1. The predicted molar refractivity (Wildman–Crippen MR) is 95.1 cm³/mol. The third kappa shape index (κ3) is 4.24. The summed E-state index contributed by atoms with van der Waals surface area (Å²) in [4.78, 5) is 20.7. The number of amides is 1. The fourth-order valence-corrected chi connectivity index (χ4v) is 3.06. The average Bonchev–Trinajstić information content (AvgIpc) is 2.96. The molecule has 0 aliphatic rings. The number of amidine groups is 1. The van der Waals surface area contributed by atoms with Gasteiger partial charge in [-0.3, -0.25) is 9.79 Å². The second-order valence-corrected chi connectivity index (χ2v) is 6.17. The van der Waals surface area contributed by atoms with Crippen LogP contribution in [0.2, 0.25) is 0 Å². The van der Waals surface area contributed by atoms with Crippen molar-refractivity contribution in [2.45, 2.75) is 26.7 Å². The highest BCUT2D eigenvalue weighted by Crippen LogP contribution is 2.19. The number of rotatable bonds is 4. The van der Waals surface area contributed by atoms with Crippen LogP contribution < -0.4 is 5.32 Å². The molecule has 0 atom stereocenters. The van der Waals surface area contributed by atoms with Crippen molar-refractivity contribution in [1.82, 2.24) is 10.3 Å². The Kier molecular flexibility index (Phi) is 5.83. The number of nitrogens with zero attached hydrogens (tertiary/aromatic N) is 1. The van der Waals surface area contributed by atoms with Crippen LogP contribution >= 0.6 is 11.8 Å². The van der Waals surface area contributed by atoms with Gasteiger partial charge in [0.05, 0.1) is 6.42 Å². The van der Waals surface area contributed by atoms with Gasteiger partial charge in [-0.2, -0.15) is 0 Å². The van der Waals surface area contributed by atoms with E-state index in [1.807, 2.05) is 37.4 Å². The Morgan fingerprint density at radius 1 is 1.41 bits per heavy atom. The summed E-state index contributed by atoms with van der Waals surface area (Å²) in [6.45, 7) is 4.11. The minimum atomic E-state index is -0.0499. The lowest BCUT2D eigenvalue weighted by atomic mass is 10.1. The van der Waals surface area contributed by atoms with E-state index in [9.17, 15) is 4.79 Å². The number of carbonyl (C=O) groups excluding carboxylic acids is 1. The van der Waals surface area contributed by atoms with E-state index in [4.69, 9.17) is 0 Å². The van der Waals surface area contributed by atoms with Crippen LogP contribution in [0.25, 0.3) is 10.9 Å². The van der Waals surface area contributed by atoms with E-state index in [2.05, 4.69) is 28.3 Å². The smallest absolute Gasteiger partial charge is 0.230 e. The number of thioether (sulfide) groups is 1. The molecule has 0 saturated heterocycles. The molecule has 0 saturated carbocycles. The fraction of sp³-hybridized carbons (Fsp3) is 0.294. The minimum absolute atomic E-state index is 0.0499. The maximum atomic E-state index is 12.3. The van der Waals surface area contributed by atoms with Gasteiger partial charge in [-0.25, -0.2) is 0 Å². The fourth-order valence-electron chi connectivity index (χ4n) is 2.25. The monoisotopic (exact) mass is 315 g/mol. The van der Waals surface area contributed by atoms with Gasteiger partial charge in [-0.1, -0.05) is 36.9 Å². The molecular weight excluding hydrogens is 294 g/mol. The van der Waals surface area contributed by atoms with Gasteiger partial charge in [0.25, 0.3) is 0 Å². The summed E-state index contributed by atoms with van der Waals surface area (Å²) in [6, 6.07) is 7.94. The molecule has 0 bridgehead atoms. The lowest BCUT2D eigenvalue weighted by molar-refractivity contribution is -0.118. The molecule has 22 heavy (non-hydrogen) atoms. The number of aromatic nitrogens is 1. The number of aliphatic imine (C=N–C) groups is 1. The summed E-state index contributed by atoms with van der Waals surface area (Å²) in [7, 11) is 1.69. The van der Waals surface area contributed by atoms with Gasteiger partial charge in [0.15, 0.2) is 5.17 Å². The number of nitrogens with one attached hydrogen (secondary N) is 2. The van der Waals surface area contributed by atoms with Gasteiger partial charge >= 0.3 is 0 Å². The van der Waals surface area contributed by atoms with Crippen molar-refractivity contribution in [3.05, 3.63) is 47.0 Å². The van der Waals surface area contributed by atoms with E-state index in [1.165, 1.54) is 11.8 Å². The third-order valence-electron chi connectivity index (χ3n) is 3.23. The molecule has 1 aromatic carbocycles. The van der Waals surface area contributed by atoms with Crippen LogP contribution in [0, 0.1) is 0 Å². The molecule has 5 heteroatoms. The number of hydrogen-bond donors (Lipinski definition) is 2. The zero-order chi connectivity index (χ0) is 15.9. The van der Waals surface area contributed by atoms with E-state index in [1.54, 1.807) is 7.05 Å². The summed E-state index contributed by atoms with van der Waals surface area (Å²) < 4.78 is 0. The zero-order valence-corrected chi connectivity index (χ0v) is 14.0. The molecular formula is C17H21N3OS. The van der Waals surface area contributed by atoms with Crippen molar-refractivity contribution in [2.75, 3.05) is 7.05 Å². The van der Waals surface area contributed by atoms with E-state index in [0.717, 1.165) is 27.8 Å². The third-order valence-corrected chi connectivity index (χ3v) is 4.20. The SMILES string of the molecule is CC/C=C(/C)S/C(=N\C)NC(=O)Cc1cccc2[nH]ccc12. The number of fused-ring (bicyclic) bond motifs is 1. The number of allylic oxidation sites excluding steroid dienone is 2. The van der Waals surface area contributed by atoms with Crippen LogP contribution in [0.4, 0.5) is 0 Å². The number of H-pyrrole nitrogens is 1. The van der Waals surface area contributed by atoms with Crippen molar-refractivity contribution in [3.63, 3.8) is 0 Å². The van der Waals surface area contributed by atoms with Crippen molar-refractivity contribution in [2.24, 2.45) is 4.99 Å². The van der Waals surface area contributed by atoms with Crippen molar-refractivity contribution >= 4 is 33.7 Å². The summed E-state index contributed by atoms with van der Waals surface area (Å²) in [6.07, 6.45) is 5.31. The van der Waals surface area contributed by atoms with Crippen LogP contribution in [-0.4, -0.2) is 23.1 Å². The van der Waals surface area contributed by atoms with Crippen LogP contribution in [-0.2, 0) is 11.2 Å². The van der Waals surface area contributed by atoms with Gasteiger partial charge in [-0.05, 0) is 35.9 Å². The number of aromatic amines is 1. The first kappa shape index (κ1) is 16.4. The summed E-state index contributed by atoms with van der Waals surface area (Å²) >= 11 is 1.49. The van der Waals surface area contributed by atoms with Crippen LogP contribution in [0.3, 0.4) is 0 Å². The minimum Gasteiger partial charge on any atom is -0.361 e. The molecule has 0 radical (unpaired) electrons. The predicted octanol–water partition coefficient (Wildman–Crippen LogP) is 3.86. The van der Waals surface area contributed by atoms with Crippen LogP contribution in [0.5, 0.6) is 0 Å². The molecule has 0 aliphatic heterocycles. The molecule has 1 aromatic heterocycles. The molecule has 2 N–H and O–H groups in total. The Morgan fingerprint density at radius 3 is 2.95 bits per heavy atom. The van der Waals surface area contributed by atoms with Gasteiger partial charge in [0, 0.05) is 24.1 Å². The molecule has 0 fully saturated rings. The number of hydrogen-bond acceptors (Lipinski definition) is 3. The van der Waals surface area contributed by atoms with Gasteiger partial charge in [0.2, 0.25) is 5.91 Å². The van der Waals surface area contributed by atoms with E-state index in [0.29, 0.717) is 11.6 Å². The molecule has 4 nitrogen and oxygen atoms in total. The zero-order valence-electron chi connectivity index (χ0n) is 13.1. The van der Waals surface area contributed by atoms with E-state index in [-0.39, 0.29) is 5.91 Å². The Balaban J connectivity index is 2.03. The standard InChI is InChI=1S/C17H21N3OS/c1-4-6-12(2)22-17(18-3)20-16(21)11-13-7-5-8-15-14(13)9-10-19-15/h5-10,19H,4,11H2,1-3H3,(H,18,20,21)/b12-6-. The summed E-state index contributed by atoms with van der Waals surface area (Å²) in [5.74, 6) is -0.0499. The Hall–Kier alpha value is -2.01. The second kappa shape index (κ2) is 7.84. The summed E-state index contributed by atoms with van der Waals surface area (Å²) in [5, 5.41) is 4.60. The molecule has 0 aliphatic carbocycles. The largest absolute Gasteiger partial charge is 0.361 e. The molecule has 1 amide bonds. The van der Waals surface area contributed by atoms with Gasteiger partial charge < -0.3 is 10.3 Å². The highest BCUT2D eigenvalue weighted by Gasteiger charge is 2.10. The lowest BCUT2D eigenvalue weighted by Gasteiger charge is -2.08. The molecule has 1 heterocycles. The molecule has 116 valence electrons. The van der Waals surface area contributed by atoms with Gasteiger partial charge in [0.1, 0.15) is 0 Å². The second-order valence-electron chi connectivity index (χ2n) is 4.93. The average molecular weight is 315 g/mol. The maximum absolute atomic E-state index is 12.3. The van der Waals surface area contributed by atoms with Crippen LogP contribution in [0.15, 0.2) is 46.4 Å². The molecule has 0 unspecified atom stereocenters. The Bertz CT molecular complexity index is 716. The van der Waals surface area contributed by atoms with Crippen LogP contribution in [0.1, 0.15) is 25.8 Å². The number of carbonyl (C=O) groups is 1. The van der Waals surface area contributed by atoms with Crippen molar-refractivity contribution in [3.8, 4) is 0 Å². The summed E-state index contributed by atoms with van der Waals surface area (Å²) in [5.41, 5.74) is 2.06. The molecule has 2 aromatic rings. The Labute approximate surface area is 135 Å². The lowest BCUT2D eigenvalue weighted by Crippen LogP contribution is -2.29. The van der Waals surface area contributed by atoms with Gasteiger partial charge in [-0.15, -0.1) is 0 Å². The topological polar surface area (TPSA) is 57.2 Å². The highest BCUT2D eigenvalue weighted by atomic mass is 32.2. The van der Waals surface area contributed by atoms with E-state index < -0.39 is 0 Å². The quantitative estimate of drug-likeness (QED) is 0.665. The van der Waals surface area contributed by atoms with Crippen molar-refractivity contribution < 1.29 is 4.79 Å².